The Labute approximate surface area is 111 Å². The fraction of sp³-hybridized carbons (Fsp3) is 0.0909. The van der Waals surface area contributed by atoms with Crippen LogP contribution in [-0.4, -0.2) is 22.2 Å². The number of ether oxygens (including phenoxy) is 1. The summed E-state index contributed by atoms with van der Waals surface area (Å²) < 4.78 is 5.78. The lowest BCUT2D eigenvalue weighted by Crippen LogP contribution is -1.93. The van der Waals surface area contributed by atoms with E-state index in [9.17, 15) is 5.11 Å². The lowest BCUT2D eigenvalue weighted by molar-refractivity contribution is 0.389. The van der Waals surface area contributed by atoms with Gasteiger partial charge in [0.05, 0.1) is 16.5 Å². The summed E-state index contributed by atoms with van der Waals surface area (Å²) in [4.78, 5) is 9.04. The molecule has 0 atom stereocenters. The number of hydrogen-bond donors (Lipinski definition) is 1. The highest BCUT2D eigenvalue weighted by Crippen LogP contribution is 2.33. The molecule has 2 aromatic rings. The minimum Gasteiger partial charge on any atom is -0.507 e. The van der Waals surface area contributed by atoms with E-state index in [-0.39, 0.29) is 5.75 Å². The summed E-state index contributed by atoms with van der Waals surface area (Å²) in [6.07, 6.45) is 1.62. The van der Waals surface area contributed by atoms with E-state index >= 15 is 0 Å². The highest BCUT2D eigenvalue weighted by Gasteiger charge is 2.08. The van der Waals surface area contributed by atoms with Crippen molar-refractivity contribution in [2.24, 2.45) is 0 Å². The van der Waals surface area contributed by atoms with Gasteiger partial charge in [-0.2, -0.15) is 4.98 Å². The number of rotatable bonds is 3. The molecular weight excluding hydrogens is 304 g/mol. The quantitative estimate of drug-likeness (QED) is 0.883. The van der Waals surface area contributed by atoms with Gasteiger partial charge in [-0.05, 0) is 39.8 Å². The highest BCUT2D eigenvalue weighted by molar-refractivity contribution is 9.10. The number of aromatic hydroxyl groups is 1. The molecule has 0 amide bonds. The van der Waals surface area contributed by atoms with Gasteiger partial charge in [0.25, 0.3) is 0 Å². The van der Waals surface area contributed by atoms with Crippen LogP contribution < -0.4 is 4.74 Å². The second-order valence-electron chi connectivity index (χ2n) is 3.08. The summed E-state index contributed by atoms with van der Waals surface area (Å²) in [5.74, 6) is 0.681. The van der Waals surface area contributed by atoms with Crippen molar-refractivity contribution in [3.8, 4) is 11.6 Å². The maximum absolute atomic E-state index is 9.64. The third-order valence-corrected chi connectivity index (χ3v) is 3.44. The Kier molecular flexibility index (Phi) is 3.86. The highest BCUT2D eigenvalue weighted by atomic mass is 79.9. The second kappa shape index (κ2) is 5.37. The molecule has 6 heteroatoms. The van der Waals surface area contributed by atoms with Gasteiger partial charge < -0.3 is 9.84 Å². The average Bonchev–Trinajstić information content (AvgIpc) is 2.34. The molecule has 0 saturated carbocycles. The minimum atomic E-state index is 0.211. The molecule has 0 aliphatic rings. The van der Waals surface area contributed by atoms with Gasteiger partial charge in [-0.15, -0.1) is 0 Å². The second-order valence-corrected chi connectivity index (χ2v) is 4.94. The van der Waals surface area contributed by atoms with E-state index in [1.54, 1.807) is 31.5 Å². The normalized spacial score (nSPS) is 10.2. The van der Waals surface area contributed by atoms with Crippen LogP contribution in [-0.2, 0) is 0 Å². The van der Waals surface area contributed by atoms with Crippen LogP contribution in [0.3, 0.4) is 0 Å². The molecule has 1 aromatic heterocycles. The molecule has 1 aromatic carbocycles. The van der Waals surface area contributed by atoms with Crippen molar-refractivity contribution in [3.05, 3.63) is 34.9 Å². The van der Waals surface area contributed by atoms with E-state index in [0.29, 0.717) is 20.4 Å². The lowest BCUT2D eigenvalue weighted by Gasteiger charge is -2.05. The number of methoxy groups -OCH3 is 1. The monoisotopic (exact) mass is 312 g/mol. The number of phenolic OH excluding ortho intramolecular Hbond substituents is 1. The summed E-state index contributed by atoms with van der Waals surface area (Å²) in [5, 5.41) is 10.2. The lowest BCUT2D eigenvalue weighted by atomic mass is 10.3. The van der Waals surface area contributed by atoms with Crippen molar-refractivity contribution in [1.82, 2.24) is 9.97 Å². The Morgan fingerprint density at radius 3 is 2.82 bits per heavy atom. The zero-order valence-electron chi connectivity index (χ0n) is 8.92. The zero-order chi connectivity index (χ0) is 12.3. The molecule has 1 heterocycles. The van der Waals surface area contributed by atoms with Gasteiger partial charge in [0.1, 0.15) is 5.75 Å². The molecule has 0 radical (unpaired) electrons. The van der Waals surface area contributed by atoms with E-state index in [0.717, 1.165) is 0 Å². The van der Waals surface area contributed by atoms with Crippen molar-refractivity contribution in [2.45, 2.75) is 10.1 Å². The van der Waals surface area contributed by atoms with Gasteiger partial charge in [0, 0.05) is 6.20 Å². The summed E-state index contributed by atoms with van der Waals surface area (Å²) >= 11 is 4.56. The van der Waals surface area contributed by atoms with Crippen LogP contribution in [0.15, 0.2) is 45.0 Å². The smallest absolute Gasteiger partial charge is 0.231 e. The fourth-order valence-electron chi connectivity index (χ4n) is 1.17. The molecule has 0 aliphatic carbocycles. The third kappa shape index (κ3) is 2.89. The Morgan fingerprint density at radius 1 is 1.35 bits per heavy atom. The van der Waals surface area contributed by atoms with Gasteiger partial charge in [0.15, 0.2) is 5.16 Å². The third-order valence-electron chi connectivity index (χ3n) is 1.95. The molecule has 0 bridgehead atoms. The first-order valence-electron chi connectivity index (χ1n) is 4.73. The Morgan fingerprint density at radius 2 is 2.12 bits per heavy atom. The van der Waals surface area contributed by atoms with Crippen molar-refractivity contribution in [1.29, 1.82) is 0 Å². The van der Waals surface area contributed by atoms with Crippen LogP contribution in [0.1, 0.15) is 0 Å². The van der Waals surface area contributed by atoms with Gasteiger partial charge >= 0.3 is 0 Å². The van der Waals surface area contributed by atoms with E-state index in [4.69, 9.17) is 4.74 Å². The minimum absolute atomic E-state index is 0.211. The molecule has 0 aliphatic heterocycles. The first-order chi connectivity index (χ1) is 8.20. The summed E-state index contributed by atoms with van der Waals surface area (Å²) in [6.45, 7) is 0. The van der Waals surface area contributed by atoms with Crippen LogP contribution in [0.2, 0.25) is 0 Å². The topological polar surface area (TPSA) is 55.2 Å². The number of para-hydroxylation sites is 1. The van der Waals surface area contributed by atoms with Crippen LogP contribution >= 0.6 is 27.7 Å². The molecule has 17 heavy (non-hydrogen) atoms. The molecule has 1 N–H and O–H groups in total. The first-order valence-corrected chi connectivity index (χ1v) is 6.34. The predicted molar refractivity (Wildman–Crippen MR) is 68.5 cm³/mol. The number of phenols is 1. The van der Waals surface area contributed by atoms with Crippen molar-refractivity contribution < 1.29 is 9.84 Å². The predicted octanol–water partition coefficient (Wildman–Crippen LogP) is 3.10. The molecule has 2 rings (SSSR count). The SMILES string of the molecule is COc1nc(Sc2ccccc2O)ncc1Br. The van der Waals surface area contributed by atoms with E-state index in [1.807, 2.05) is 6.07 Å². The number of nitrogens with zero attached hydrogens (tertiary/aromatic N) is 2. The van der Waals surface area contributed by atoms with Crippen molar-refractivity contribution in [2.75, 3.05) is 7.11 Å². The number of halogens is 1. The number of benzene rings is 1. The zero-order valence-corrected chi connectivity index (χ0v) is 11.3. The van der Waals surface area contributed by atoms with E-state index < -0.39 is 0 Å². The summed E-state index contributed by atoms with van der Waals surface area (Å²) in [6, 6.07) is 7.04. The molecule has 0 saturated heterocycles. The maximum Gasteiger partial charge on any atom is 0.231 e. The van der Waals surface area contributed by atoms with Crippen molar-refractivity contribution in [3.63, 3.8) is 0 Å². The van der Waals surface area contributed by atoms with Crippen molar-refractivity contribution >= 4 is 27.7 Å². The molecule has 0 unspecified atom stereocenters. The summed E-state index contributed by atoms with van der Waals surface area (Å²) in [7, 11) is 1.54. The molecule has 0 spiro atoms. The van der Waals surface area contributed by atoms with Gasteiger partial charge in [0.2, 0.25) is 5.88 Å². The Bertz CT molecular complexity index is 537. The number of hydrogen-bond acceptors (Lipinski definition) is 5. The van der Waals surface area contributed by atoms with Gasteiger partial charge in [-0.3, -0.25) is 0 Å². The van der Waals surface area contributed by atoms with E-state index in [2.05, 4.69) is 25.9 Å². The maximum atomic E-state index is 9.64. The van der Waals surface area contributed by atoms with Crippen LogP contribution in [0.25, 0.3) is 0 Å². The van der Waals surface area contributed by atoms with Crippen LogP contribution in [0.5, 0.6) is 11.6 Å². The fourth-order valence-corrected chi connectivity index (χ4v) is 2.27. The number of aromatic nitrogens is 2. The standard InChI is InChI=1S/C11H9BrN2O2S/c1-16-10-7(12)6-13-11(14-10)17-9-5-3-2-4-8(9)15/h2-6,15H,1H3. The molecular formula is C11H9BrN2O2S. The Balaban J connectivity index is 2.28. The van der Waals surface area contributed by atoms with Crippen LogP contribution in [0.4, 0.5) is 0 Å². The van der Waals surface area contributed by atoms with E-state index in [1.165, 1.54) is 11.8 Å². The van der Waals surface area contributed by atoms with Crippen LogP contribution in [0, 0.1) is 0 Å². The van der Waals surface area contributed by atoms with Gasteiger partial charge in [-0.1, -0.05) is 12.1 Å². The Hall–Kier alpha value is -1.27. The molecule has 4 nitrogen and oxygen atoms in total. The molecule has 88 valence electrons. The summed E-state index contributed by atoms with van der Waals surface area (Å²) in [5.41, 5.74) is 0. The average molecular weight is 313 g/mol. The van der Waals surface area contributed by atoms with Gasteiger partial charge in [-0.25, -0.2) is 4.98 Å². The first kappa shape index (κ1) is 12.2. The molecule has 0 fully saturated rings. The largest absolute Gasteiger partial charge is 0.507 e.